The minimum Gasteiger partial charge on any atom is -0.256 e. The minimum atomic E-state index is -3.35. The number of benzene rings is 1. The molecule has 0 spiro atoms. The van der Waals surface area contributed by atoms with Gasteiger partial charge in [0.15, 0.2) is 0 Å². The van der Waals surface area contributed by atoms with Crippen molar-refractivity contribution in [3.63, 3.8) is 0 Å². The van der Waals surface area contributed by atoms with E-state index in [0.29, 0.717) is 13.0 Å². The molecule has 4 nitrogen and oxygen atoms in total. The van der Waals surface area contributed by atoms with Crippen molar-refractivity contribution in [2.24, 2.45) is 0 Å². The number of hydrogen-bond donors (Lipinski definition) is 1. The molecule has 0 unspecified atom stereocenters. The maximum atomic E-state index is 11.2. The van der Waals surface area contributed by atoms with Gasteiger partial charge in [0.25, 0.3) is 0 Å². The molecule has 0 saturated heterocycles. The van der Waals surface area contributed by atoms with Crippen molar-refractivity contribution in [2.75, 3.05) is 11.8 Å². The number of nitrogens with one attached hydrogen (secondary N) is 1. The number of alkyl halides is 1. The number of halogens is 1. The van der Waals surface area contributed by atoms with Crippen LogP contribution in [0.25, 0.3) is 10.9 Å². The smallest absolute Gasteiger partial charge is 0.225 e. The van der Waals surface area contributed by atoms with Crippen LogP contribution < -0.4 is 4.72 Å². The molecule has 2 rings (SSSR count). The third kappa shape index (κ3) is 3.19. The summed E-state index contributed by atoms with van der Waals surface area (Å²) in [5.74, 6) is 0. The lowest BCUT2D eigenvalue weighted by Gasteiger charge is -2.06. The summed E-state index contributed by atoms with van der Waals surface area (Å²) in [5, 5.41) is 0.635. The van der Waals surface area contributed by atoms with E-state index < -0.39 is 15.2 Å². The van der Waals surface area contributed by atoms with Gasteiger partial charge in [-0.2, -0.15) is 0 Å². The van der Waals surface area contributed by atoms with E-state index in [1.165, 1.54) is 0 Å². The van der Waals surface area contributed by atoms with E-state index in [0.717, 1.165) is 16.5 Å². The lowest BCUT2D eigenvalue weighted by atomic mass is 10.1. The maximum Gasteiger partial charge on any atom is 0.225 e. The fourth-order valence-electron chi connectivity index (χ4n) is 1.75. The number of nitrogens with zero attached hydrogens (tertiary/aromatic N) is 1. The Hall–Kier alpha value is -1.17. The number of hydrogen-bond acceptors (Lipinski definition) is 3. The van der Waals surface area contributed by atoms with E-state index in [-0.39, 0.29) is 0 Å². The summed E-state index contributed by atoms with van der Waals surface area (Å²) >= 11 is 5.31. The Morgan fingerprint density at radius 1 is 1.22 bits per heavy atom. The average Bonchev–Trinajstić information content (AvgIpc) is 2.39. The molecule has 0 atom stereocenters. The highest BCUT2D eigenvalue weighted by Gasteiger charge is 2.07. The van der Waals surface area contributed by atoms with Gasteiger partial charge in [0.2, 0.25) is 10.0 Å². The molecule has 1 N–H and O–H groups in total. The number of pyridine rings is 1. The van der Waals surface area contributed by atoms with Gasteiger partial charge in [0.1, 0.15) is 5.21 Å². The normalized spacial score (nSPS) is 11.8. The monoisotopic (exact) mass is 284 g/mol. The molecule has 0 bridgehead atoms. The van der Waals surface area contributed by atoms with Gasteiger partial charge in [0.05, 0.1) is 5.52 Å². The predicted octanol–water partition coefficient (Wildman–Crippen LogP) is 1.89. The second kappa shape index (κ2) is 5.65. The predicted molar refractivity (Wildman–Crippen MR) is 73.1 cm³/mol. The van der Waals surface area contributed by atoms with Crippen molar-refractivity contribution in [1.29, 1.82) is 0 Å². The molecule has 0 fully saturated rings. The van der Waals surface area contributed by atoms with Crippen LogP contribution in [0.4, 0.5) is 0 Å². The first kappa shape index (κ1) is 13.3. The summed E-state index contributed by atoms with van der Waals surface area (Å²) in [4.78, 5) is 4.31. The molecule has 6 heteroatoms. The van der Waals surface area contributed by atoms with Gasteiger partial charge in [-0.1, -0.05) is 24.3 Å². The Kier molecular flexibility index (Phi) is 4.16. The van der Waals surface area contributed by atoms with Crippen LogP contribution in [0, 0.1) is 0 Å². The summed E-state index contributed by atoms with van der Waals surface area (Å²) in [7, 11) is -3.35. The van der Waals surface area contributed by atoms with E-state index >= 15 is 0 Å². The first-order chi connectivity index (χ1) is 8.62. The van der Waals surface area contributed by atoms with Gasteiger partial charge < -0.3 is 0 Å². The topological polar surface area (TPSA) is 59.1 Å². The molecule has 18 heavy (non-hydrogen) atoms. The lowest BCUT2D eigenvalue weighted by molar-refractivity contribution is 0.586. The van der Waals surface area contributed by atoms with Crippen LogP contribution in [0.3, 0.4) is 0 Å². The van der Waals surface area contributed by atoms with Crippen molar-refractivity contribution in [1.82, 2.24) is 9.71 Å². The van der Waals surface area contributed by atoms with Crippen molar-refractivity contribution in [3.05, 3.63) is 42.1 Å². The third-order valence-corrected chi connectivity index (χ3v) is 4.37. The molecule has 0 aliphatic carbocycles. The average molecular weight is 285 g/mol. The highest BCUT2D eigenvalue weighted by molar-refractivity contribution is 7.90. The van der Waals surface area contributed by atoms with Crippen molar-refractivity contribution < 1.29 is 8.42 Å². The summed E-state index contributed by atoms with van der Waals surface area (Å²) in [6.07, 6.45) is 2.32. The largest absolute Gasteiger partial charge is 0.256 e. The quantitative estimate of drug-likeness (QED) is 0.853. The number of sulfonamides is 1. The second-order valence-corrected chi connectivity index (χ2v) is 6.25. The fourth-order valence-corrected chi connectivity index (χ4v) is 2.47. The Labute approximate surface area is 111 Å². The Morgan fingerprint density at radius 3 is 2.78 bits per heavy atom. The minimum absolute atomic E-state index is 0.324. The Balaban J connectivity index is 2.13. The molecule has 2 aromatic rings. The highest BCUT2D eigenvalue weighted by atomic mass is 35.5. The maximum absolute atomic E-state index is 11.2. The number of para-hydroxylation sites is 1. The Morgan fingerprint density at radius 2 is 2.00 bits per heavy atom. The van der Waals surface area contributed by atoms with Gasteiger partial charge in [-0.05, 0) is 18.1 Å². The standard InChI is InChI=1S/C12H13ClN2O2S/c13-9-18(16,17)15-8-6-11-4-1-3-10-5-2-7-14-12(10)11/h1-5,7,15H,6,8-9H2. The van der Waals surface area contributed by atoms with E-state index in [9.17, 15) is 8.42 Å². The van der Waals surface area contributed by atoms with Crippen LogP contribution in [0.5, 0.6) is 0 Å². The van der Waals surface area contributed by atoms with Crippen LogP contribution in [0.1, 0.15) is 5.56 Å². The van der Waals surface area contributed by atoms with Crippen molar-refractivity contribution in [3.8, 4) is 0 Å². The molecule has 0 amide bonds. The van der Waals surface area contributed by atoms with Crippen LogP contribution in [0.2, 0.25) is 0 Å². The molecular weight excluding hydrogens is 272 g/mol. The second-order valence-electron chi connectivity index (χ2n) is 3.86. The van der Waals surface area contributed by atoms with E-state index in [1.54, 1.807) is 6.20 Å². The first-order valence-electron chi connectivity index (χ1n) is 5.48. The summed E-state index contributed by atoms with van der Waals surface area (Å²) < 4.78 is 24.8. The molecular formula is C12H13ClN2O2S. The number of rotatable bonds is 5. The Bertz CT molecular complexity index is 638. The molecule has 1 aromatic heterocycles. The van der Waals surface area contributed by atoms with Crippen LogP contribution in [0.15, 0.2) is 36.5 Å². The summed E-state index contributed by atoms with van der Waals surface area (Å²) in [6.45, 7) is 0.324. The third-order valence-electron chi connectivity index (χ3n) is 2.58. The van der Waals surface area contributed by atoms with E-state index in [1.807, 2.05) is 30.3 Å². The molecule has 1 aromatic carbocycles. The van der Waals surface area contributed by atoms with Gasteiger partial charge in [0, 0.05) is 18.1 Å². The number of aromatic nitrogens is 1. The van der Waals surface area contributed by atoms with Gasteiger partial charge in [-0.15, -0.1) is 11.6 Å². The van der Waals surface area contributed by atoms with Crippen LogP contribution >= 0.6 is 11.6 Å². The van der Waals surface area contributed by atoms with E-state index in [4.69, 9.17) is 11.6 Å². The van der Waals surface area contributed by atoms with E-state index in [2.05, 4.69) is 9.71 Å². The molecule has 1 heterocycles. The lowest BCUT2D eigenvalue weighted by Crippen LogP contribution is -2.26. The summed E-state index contributed by atoms with van der Waals surface area (Å²) in [6, 6.07) is 9.73. The van der Waals surface area contributed by atoms with Gasteiger partial charge in [-0.25, -0.2) is 13.1 Å². The number of fused-ring (bicyclic) bond motifs is 1. The fraction of sp³-hybridized carbons (Fsp3) is 0.250. The zero-order valence-electron chi connectivity index (χ0n) is 9.64. The van der Waals surface area contributed by atoms with Crippen LogP contribution in [-0.4, -0.2) is 25.2 Å². The first-order valence-corrected chi connectivity index (χ1v) is 7.67. The SMILES string of the molecule is O=S(=O)(CCl)NCCc1cccc2cccnc12. The summed E-state index contributed by atoms with van der Waals surface area (Å²) in [5.41, 5.74) is 1.93. The van der Waals surface area contributed by atoms with Gasteiger partial charge in [-0.3, -0.25) is 4.98 Å². The van der Waals surface area contributed by atoms with Gasteiger partial charge >= 0.3 is 0 Å². The molecule has 0 aliphatic rings. The molecule has 0 saturated carbocycles. The molecule has 96 valence electrons. The molecule has 0 aliphatic heterocycles. The highest BCUT2D eigenvalue weighted by Crippen LogP contribution is 2.15. The van der Waals surface area contributed by atoms with Crippen LogP contribution in [-0.2, 0) is 16.4 Å². The van der Waals surface area contributed by atoms with Crippen molar-refractivity contribution >= 4 is 32.5 Å². The zero-order valence-corrected chi connectivity index (χ0v) is 11.2. The van der Waals surface area contributed by atoms with Crippen molar-refractivity contribution in [2.45, 2.75) is 6.42 Å². The zero-order chi connectivity index (χ0) is 13.0. The molecule has 0 radical (unpaired) electrons.